The van der Waals surface area contributed by atoms with Gasteiger partial charge in [0.2, 0.25) is 0 Å². The number of amidine groups is 1. The first kappa shape index (κ1) is 29.8. The van der Waals surface area contributed by atoms with Gasteiger partial charge in [0, 0.05) is 42.1 Å². The lowest BCUT2D eigenvalue weighted by molar-refractivity contribution is 0.669. The standard InChI is InChI=1S/C47H32N2OS/c1-29-22-26-40(30-12-3-2-4-13-30)48-47(49-46(29)31-23-27-44-39(28-31)35-16-8-10-21-43(35)51-44)37-25-24-34(32-14-5-6-15-33(32)37)36-18-11-20-42-45(36)38-17-7-9-19-41(38)50-42/h2-21,23-25,27-28H,22,26H2,1H3/b46-29-,48-40+,49-47-. The molecule has 3 nitrogen and oxygen atoms in total. The molecule has 0 N–H and O–H groups in total. The van der Waals surface area contributed by atoms with Gasteiger partial charge in [-0.05, 0) is 89.2 Å². The number of nitrogens with zero attached hydrogens (tertiary/aromatic N) is 2. The van der Waals surface area contributed by atoms with Crippen LogP contribution < -0.4 is 0 Å². The Kier molecular flexibility index (Phi) is 7.03. The van der Waals surface area contributed by atoms with Crippen molar-refractivity contribution in [2.24, 2.45) is 9.98 Å². The molecule has 2 aromatic heterocycles. The predicted octanol–water partition coefficient (Wildman–Crippen LogP) is 13.2. The number of hydrogen-bond acceptors (Lipinski definition) is 4. The molecule has 0 spiro atoms. The van der Waals surface area contributed by atoms with E-state index in [1.165, 1.54) is 25.7 Å². The van der Waals surface area contributed by atoms with Gasteiger partial charge in [-0.25, -0.2) is 9.98 Å². The van der Waals surface area contributed by atoms with E-state index in [1.54, 1.807) is 0 Å². The highest BCUT2D eigenvalue weighted by Crippen LogP contribution is 2.41. The van der Waals surface area contributed by atoms with Gasteiger partial charge in [-0.1, -0.05) is 115 Å². The Balaban J connectivity index is 1.20. The maximum Gasteiger partial charge on any atom is 0.160 e. The predicted molar refractivity (Wildman–Crippen MR) is 217 cm³/mol. The fourth-order valence-corrected chi connectivity index (χ4v) is 8.79. The Morgan fingerprint density at radius 2 is 1.18 bits per heavy atom. The quantitative estimate of drug-likeness (QED) is 0.183. The number of para-hydroxylation sites is 1. The lowest BCUT2D eigenvalue weighted by Crippen LogP contribution is -2.11. The summed E-state index contributed by atoms with van der Waals surface area (Å²) in [6.07, 6.45) is 1.71. The van der Waals surface area contributed by atoms with Gasteiger partial charge >= 0.3 is 0 Å². The monoisotopic (exact) mass is 672 g/mol. The van der Waals surface area contributed by atoms with Gasteiger partial charge in [0.05, 0.1) is 11.4 Å². The van der Waals surface area contributed by atoms with E-state index in [2.05, 4.69) is 146 Å². The van der Waals surface area contributed by atoms with Crippen LogP contribution >= 0.6 is 11.3 Å². The lowest BCUT2D eigenvalue weighted by atomic mass is 9.91. The second kappa shape index (κ2) is 12.0. The summed E-state index contributed by atoms with van der Waals surface area (Å²) in [7, 11) is 0. The second-order valence-corrected chi connectivity index (χ2v) is 14.4. The molecule has 4 heteroatoms. The third-order valence-electron chi connectivity index (χ3n) is 10.2. The van der Waals surface area contributed by atoms with E-state index < -0.39 is 0 Å². The number of allylic oxidation sites excluding steroid dienone is 1. The fourth-order valence-electron chi connectivity index (χ4n) is 7.71. The molecule has 10 rings (SSSR count). The highest BCUT2D eigenvalue weighted by molar-refractivity contribution is 7.25. The minimum atomic E-state index is 0.730. The Morgan fingerprint density at radius 1 is 0.490 bits per heavy atom. The Morgan fingerprint density at radius 3 is 2.04 bits per heavy atom. The van der Waals surface area contributed by atoms with Crippen LogP contribution in [-0.2, 0) is 0 Å². The molecule has 0 radical (unpaired) electrons. The number of hydrogen-bond donors (Lipinski definition) is 0. The minimum Gasteiger partial charge on any atom is -0.456 e. The highest BCUT2D eigenvalue weighted by atomic mass is 32.1. The van der Waals surface area contributed by atoms with E-state index in [4.69, 9.17) is 14.4 Å². The Labute approximate surface area is 299 Å². The molecule has 0 fully saturated rings. The minimum absolute atomic E-state index is 0.730. The van der Waals surface area contributed by atoms with E-state index in [9.17, 15) is 0 Å². The number of furan rings is 1. The molecule has 51 heavy (non-hydrogen) atoms. The summed E-state index contributed by atoms with van der Waals surface area (Å²) in [5, 5.41) is 7.10. The zero-order valence-electron chi connectivity index (χ0n) is 28.1. The van der Waals surface area contributed by atoms with Crippen molar-refractivity contribution >= 4 is 81.5 Å². The molecule has 9 aromatic rings. The van der Waals surface area contributed by atoms with Crippen molar-refractivity contribution in [1.82, 2.24) is 0 Å². The number of fused-ring (bicyclic) bond motifs is 7. The average molecular weight is 673 g/mol. The van der Waals surface area contributed by atoms with Gasteiger partial charge in [0.25, 0.3) is 0 Å². The Bertz CT molecular complexity index is 2920. The first-order valence-corrected chi connectivity index (χ1v) is 18.3. The van der Waals surface area contributed by atoms with Crippen molar-refractivity contribution < 1.29 is 4.42 Å². The van der Waals surface area contributed by atoms with Crippen molar-refractivity contribution in [2.45, 2.75) is 19.8 Å². The molecule has 1 aliphatic rings. The summed E-state index contributed by atoms with van der Waals surface area (Å²) >= 11 is 1.84. The molecule has 7 aromatic carbocycles. The van der Waals surface area contributed by atoms with Crippen molar-refractivity contribution in [1.29, 1.82) is 0 Å². The molecular formula is C47H32N2OS. The molecule has 0 amide bonds. The molecule has 0 aliphatic carbocycles. The van der Waals surface area contributed by atoms with E-state index in [1.807, 2.05) is 23.5 Å². The summed E-state index contributed by atoms with van der Waals surface area (Å²) in [6.45, 7) is 2.23. The van der Waals surface area contributed by atoms with E-state index in [0.717, 1.165) is 90.6 Å². The first-order chi connectivity index (χ1) is 25.2. The van der Waals surface area contributed by atoms with Crippen LogP contribution in [0.25, 0.3) is 69.7 Å². The van der Waals surface area contributed by atoms with Gasteiger partial charge in [0.15, 0.2) is 5.84 Å². The van der Waals surface area contributed by atoms with Gasteiger partial charge in [0.1, 0.15) is 11.2 Å². The number of aliphatic imine (C=N–C) groups is 2. The first-order valence-electron chi connectivity index (χ1n) is 17.5. The SMILES string of the molecule is C/C1=C(c2ccc3sc4ccccc4c3c2)/N=C(c2ccc(-c3cccc4oc5ccccc5c34)c3ccccc23)\N=C(\c2ccccc2)CC1. The summed E-state index contributed by atoms with van der Waals surface area (Å²) in [6, 6.07) is 53.8. The van der Waals surface area contributed by atoms with Gasteiger partial charge < -0.3 is 4.42 Å². The molecule has 0 unspecified atom stereocenters. The third-order valence-corrected chi connectivity index (χ3v) is 11.4. The van der Waals surface area contributed by atoms with Crippen LogP contribution in [0.1, 0.15) is 36.5 Å². The lowest BCUT2D eigenvalue weighted by Gasteiger charge is -2.18. The third kappa shape index (κ3) is 5.02. The molecule has 0 atom stereocenters. The van der Waals surface area contributed by atoms with Crippen molar-refractivity contribution in [2.75, 3.05) is 0 Å². The fraction of sp³-hybridized carbons (Fsp3) is 0.0638. The van der Waals surface area contributed by atoms with Crippen molar-refractivity contribution in [3.8, 4) is 11.1 Å². The normalized spacial score (nSPS) is 17.4. The number of benzene rings is 7. The smallest absolute Gasteiger partial charge is 0.160 e. The zero-order chi connectivity index (χ0) is 33.9. The topological polar surface area (TPSA) is 37.9 Å². The van der Waals surface area contributed by atoms with Crippen molar-refractivity contribution in [3.63, 3.8) is 0 Å². The van der Waals surface area contributed by atoms with Gasteiger partial charge in [-0.15, -0.1) is 11.3 Å². The van der Waals surface area contributed by atoms with Gasteiger partial charge in [-0.2, -0.15) is 0 Å². The zero-order valence-corrected chi connectivity index (χ0v) is 28.9. The van der Waals surface area contributed by atoms with E-state index >= 15 is 0 Å². The second-order valence-electron chi connectivity index (χ2n) is 13.3. The Hall–Kier alpha value is -6.10. The summed E-state index contributed by atoms with van der Waals surface area (Å²) in [4.78, 5) is 11.0. The summed E-state index contributed by atoms with van der Waals surface area (Å²) in [5.74, 6) is 0.730. The van der Waals surface area contributed by atoms with Crippen LogP contribution in [0.5, 0.6) is 0 Å². The van der Waals surface area contributed by atoms with Crippen LogP contribution in [0.15, 0.2) is 172 Å². The number of thiophene rings is 1. The number of rotatable bonds is 4. The average Bonchev–Trinajstić information content (AvgIpc) is 3.75. The van der Waals surface area contributed by atoms with Crippen molar-refractivity contribution in [3.05, 3.63) is 174 Å². The summed E-state index contributed by atoms with van der Waals surface area (Å²) < 4.78 is 8.89. The van der Waals surface area contributed by atoms with Crippen LogP contribution in [0.2, 0.25) is 0 Å². The molecule has 1 aliphatic heterocycles. The van der Waals surface area contributed by atoms with E-state index in [-0.39, 0.29) is 0 Å². The molecule has 0 bridgehead atoms. The van der Waals surface area contributed by atoms with Crippen LogP contribution in [0.3, 0.4) is 0 Å². The van der Waals surface area contributed by atoms with Crippen LogP contribution in [-0.4, -0.2) is 11.5 Å². The summed E-state index contributed by atoms with van der Waals surface area (Å²) in [5.41, 5.74) is 10.7. The van der Waals surface area contributed by atoms with Gasteiger partial charge in [-0.3, -0.25) is 0 Å². The molecule has 0 saturated carbocycles. The maximum atomic E-state index is 6.29. The maximum absolute atomic E-state index is 6.29. The van der Waals surface area contributed by atoms with Crippen LogP contribution in [0, 0.1) is 0 Å². The van der Waals surface area contributed by atoms with Crippen LogP contribution in [0.4, 0.5) is 0 Å². The van der Waals surface area contributed by atoms with E-state index in [0.29, 0.717) is 0 Å². The highest BCUT2D eigenvalue weighted by Gasteiger charge is 2.20. The largest absolute Gasteiger partial charge is 0.456 e. The molecule has 3 heterocycles. The molecular weight excluding hydrogens is 641 g/mol. The molecule has 242 valence electrons. The molecule has 0 saturated heterocycles.